The van der Waals surface area contributed by atoms with Crippen LogP contribution in [-0.2, 0) is 0 Å². The number of hydrogen-bond donors (Lipinski definition) is 0. The second-order valence-electron chi connectivity index (χ2n) is 4.69. The summed E-state index contributed by atoms with van der Waals surface area (Å²) in [5.41, 5.74) is 0.503. The summed E-state index contributed by atoms with van der Waals surface area (Å²) < 4.78 is 0. The molecule has 1 heteroatoms. The van der Waals surface area contributed by atoms with Gasteiger partial charge in [-0.05, 0) is 37.8 Å². The van der Waals surface area contributed by atoms with Crippen molar-refractivity contribution in [2.45, 2.75) is 33.6 Å². The lowest BCUT2D eigenvalue weighted by Gasteiger charge is -2.22. The zero-order valence-corrected chi connectivity index (χ0v) is 8.06. The van der Waals surface area contributed by atoms with Gasteiger partial charge in [0.05, 0.1) is 0 Å². The van der Waals surface area contributed by atoms with Gasteiger partial charge in [0.25, 0.3) is 0 Å². The molecule has 1 saturated heterocycles. The predicted molar refractivity (Wildman–Crippen MR) is 49.4 cm³/mol. The SMILES string of the molecule is CC(C)(C)CCN1C[CH]CC1. The van der Waals surface area contributed by atoms with E-state index in [1.54, 1.807) is 0 Å². The molecule has 1 rings (SSSR count). The van der Waals surface area contributed by atoms with Gasteiger partial charge in [-0.15, -0.1) is 0 Å². The molecule has 0 N–H and O–H groups in total. The lowest BCUT2D eigenvalue weighted by Crippen LogP contribution is -2.24. The monoisotopic (exact) mass is 154 g/mol. The zero-order chi connectivity index (χ0) is 8.32. The Hall–Kier alpha value is -0.0400. The van der Waals surface area contributed by atoms with Crippen molar-refractivity contribution in [1.29, 1.82) is 0 Å². The predicted octanol–water partition coefficient (Wildman–Crippen LogP) is 2.33. The normalized spacial score (nSPS) is 21.0. The van der Waals surface area contributed by atoms with Crippen molar-refractivity contribution in [2.24, 2.45) is 5.41 Å². The van der Waals surface area contributed by atoms with Gasteiger partial charge in [0, 0.05) is 6.54 Å². The molecular weight excluding hydrogens is 134 g/mol. The maximum atomic E-state index is 2.53. The first-order valence-corrected chi connectivity index (χ1v) is 4.62. The molecule has 0 aromatic heterocycles. The van der Waals surface area contributed by atoms with Gasteiger partial charge in [-0.3, -0.25) is 0 Å². The molecule has 0 aliphatic carbocycles. The molecular formula is C10H20N. The van der Waals surface area contributed by atoms with Crippen molar-refractivity contribution in [2.75, 3.05) is 19.6 Å². The molecule has 1 nitrogen and oxygen atoms in total. The highest BCUT2D eigenvalue weighted by Gasteiger charge is 2.15. The van der Waals surface area contributed by atoms with Crippen molar-refractivity contribution in [3.63, 3.8) is 0 Å². The third-order valence-electron chi connectivity index (χ3n) is 2.21. The Morgan fingerprint density at radius 1 is 1.36 bits per heavy atom. The van der Waals surface area contributed by atoms with Crippen LogP contribution in [0.3, 0.4) is 0 Å². The summed E-state index contributed by atoms with van der Waals surface area (Å²) in [5.74, 6) is 0. The quantitative estimate of drug-likeness (QED) is 0.590. The number of hydrogen-bond acceptors (Lipinski definition) is 1. The van der Waals surface area contributed by atoms with E-state index in [0.717, 1.165) is 0 Å². The van der Waals surface area contributed by atoms with Crippen LogP contribution in [0.5, 0.6) is 0 Å². The molecule has 1 radical (unpaired) electrons. The first-order valence-electron chi connectivity index (χ1n) is 4.62. The van der Waals surface area contributed by atoms with Crippen molar-refractivity contribution >= 4 is 0 Å². The largest absolute Gasteiger partial charge is 0.303 e. The molecule has 0 bridgehead atoms. The topological polar surface area (TPSA) is 3.24 Å². The van der Waals surface area contributed by atoms with E-state index < -0.39 is 0 Å². The van der Waals surface area contributed by atoms with Gasteiger partial charge < -0.3 is 4.90 Å². The molecule has 1 aliphatic heterocycles. The zero-order valence-electron chi connectivity index (χ0n) is 8.06. The number of likely N-dealkylation sites (tertiary alicyclic amines) is 1. The Morgan fingerprint density at radius 2 is 2.09 bits per heavy atom. The van der Waals surface area contributed by atoms with Crippen LogP contribution < -0.4 is 0 Å². The highest BCUT2D eigenvalue weighted by Crippen LogP contribution is 2.20. The van der Waals surface area contributed by atoms with Crippen LogP contribution in [0.25, 0.3) is 0 Å². The van der Waals surface area contributed by atoms with E-state index in [2.05, 4.69) is 32.1 Å². The average Bonchev–Trinajstić information content (AvgIpc) is 2.32. The molecule has 0 aromatic carbocycles. The summed E-state index contributed by atoms with van der Waals surface area (Å²) in [5, 5.41) is 0. The molecule has 0 spiro atoms. The smallest absolute Gasteiger partial charge is 0.00133 e. The maximum Gasteiger partial charge on any atom is 0.00133 e. The van der Waals surface area contributed by atoms with E-state index >= 15 is 0 Å². The van der Waals surface area contributed by atoms with Gasteiger partial charge >= 0.3 is 0 Å². The standard InChI is InChI=1S/C10H20N/c1-10(2,3)6-9-11-7-4-5-8-11/h4H,5-9H2,1-3H3. The molecule has 0 saturated carbocycles. The second kappa shape index (κ2) is 3.57. The number of nitrogens with zero attached hydrogens (tertiary/aromatic N) is 1. The Labute approximate surface area is 70.8 Å². The summed E-state index contributed by atoms with van der Waals surface area (Å²) in [6, 6.07) is 0. The van der Waals surface area contributed by atoms with Crippen LogP contribution in [0.4, 0.5) is 0 Å². The molecule has 0 unspecified atom stereocenters. The molecule has 11 heavy (non-hydrogen) atoms. The fourth-order valence-corrected chi connectivity index (χ4v) is 1.34. The summed E-state index contributed by atoms with van der Waals surface area (Å²) in [6.07, 6.45) is 4.99. The van der Waals surface area contributed by atoms with Gasteiger partial charge in [-0.25, -0.2) is 0 Å². The Kier molecular flexibility index (Phi) is 2.94. The van der Waals surface area contributed by atoms with E-state index in [1.165, 1.54) is 32.5 Å². The van der Waals surface area contributed by atoms with E-state index in [4.69, 9.17) is 0 Å². The van der Waals surface area contributed by atoms with Gasteiger partial charge in [0.2, 0.25) is 0 Å². The third kappa shape index (κ3) is 3.76. The van der Waals surface area contributed by atoms with E-state index in [9.17, 15) is 0 Å². The summed E-state index contributed by atoms with van der Waals surface area (Å²) >= 11 is 0. The van der Waals surface area contributed by atoms with Crippen molar-refractivity contribution < 1.29 is 0 Å². The molecule has 0 aromatic rings. The molecule has 1 fully saturated rings. The van der Waals surface area contributed by atoms with Crippen LogP contribution in [0.15, 0.2) is 0 Å². The molecule has 0 amide bonds. The summed E-state index contributed by atoms with van der Waals surface area (Å²) in [4.78, 5) is 2.53. The van der Waals surface area contributed by atoms with Crippen LogP contribution in [-0.4, -0.2) is 24.5 Å². The van der Waals surface area contributed by atoms with Crippen LogP contribution in [0.2, 0.25) is 0 Å². The Morgan fingerprint density at radius 3 is 2.55 bits per heavy atom. The van der Waals surface area contributed by atoms with Crippen LogP contribution in [0.1, 0.15) is 33.6 Å². The van der Waals surface area contributed by atoms with Crippen molar-refractivity contribution in [3.05, 3.63) is 6.42 Å². The van der Waals surface area contributed by atoms with Gasteiger partial charge in [-0.1, -0.05) is 20.8 Å². The molecule has 0 atom stereocenters. The van der Waals surface area contributed by atoms with Gasteiger partial charge in [0.15, 0.2) is 0 Å². The van der Waals surface area contributed by atoms with Crippen LogP contribution in [0, 0.1) is 11.8 Å². The third-order valence-corrected chi connectivity index (χ3v) is 2.21. The lowest BCUT2D eigenvalue weighted by molar-refractivity contribution is 0.268. The number of rotatable bonds is 2. The van der Waals surface area contributed by atoms with Crippen molar-refractivity contribution in [1.82, 2.24) is 4.90 Å². The lowest BCUT2D eigenvalue weighted by atomic mass is 9.92. The Bertz CT molecular complexity index is 107. The van der Waals surface area contributed by atoms with E-state index in [-0.39, 0.29) is 0 Å². The highest BCUT2D eigenvalue weighted by atomic mass is 15.1. The van der Waals surface area contributed by atoms with E-state index in [1.807, 2.05) is 0 Å². The van der Waals surface area contributed by atoms with Crippen molar-refractivity contribution in [3.8, 4) is 0 Å². The minimum atomic E-state index is 0.503. The minimum Gasteiger partial charge on any atom is -0.303 e. The highest BCUT2D eigenvalue weighted by molar-refractivity contribution is 4.81. The fourth-order valence-electron chi connectivity index (χ4n) is 1.34. The Balaban J connectivity index is 2.11. The second-order valence-corrected chi connectivity index (χ2v) is 4.69. The molecule has 1 heterocycles. The molecule has 65 valence electrons. The average molecular weight is 154 g/mol. The first-order chi connectivity index (χ1) is 5.08. The molecule has 1 aliphatic rings. The van der Waals surface area contributed by atoms with Crippen LogP contribution >= 0.6 is 0 Å². The van der Waals surface area contributed by atoms with Gasteiger partial charge in [0.1, 0.15) is 0 Å². The maximum absolute atomic E-state index is 2.53. The fraction of sp³-hybridized carbons (Fsp3) is 0.900. The van der Waals surface area contributed by atoms with Gasteiger partial charge in [-0.2, -0.15) is 0 Å². The first kappa shape index (κ1) is 9.05. The van der Waals surface area contributed by atoms with E-state index in [0.29, 0.717) is 5.41 Å². The summed E-state index contributed by atoms with van der Waals surface area (Å²) in [6.45, 7) is 10.7. The summed E-state index contributed by atoms with van der Waals surface area (Å²) in [7, 11) is 0. The minimum absolute atomic E-state index is 0.503.